The fourth-order valence-corrected chi connectivity index (χ4v) is 2.53. The van der Waals surface area contributed by atoms with Crippen LogP contribution in [0, 0.1) is 6.92 Å². The minimum atomic E-state index is -0.0693. The molecule has 1 heterocycles. The van der Waals surface area contributed by atoms with E-state index < -0.39 is 0 Å². The van der Waals surface area contributed by atoms with Crippen molar-refractivity contribution >= 4 is 16.9 Å². The predicted octanol–water partition coefficient (Wildman–Crippen LogP) is 4.40. The molecule has 3 nitrogen and oxygen atoms in total. The fraction of sp³-hybridized carbons (Fsp3) is 0.211. The number of furan rings is 1. The van der Waals surface area contributed by atoms with Crippen molar-refractivity contribution in [2.75, 3.05) is 6.54 Å². The van der Waals surface area contributed by atoms with Gasteiger partial charge in [-0.3, -0.25) is 4.79 Å². The molecule has 112 valence electrons. The Hall–Kier alpha value is -2.55. The Labute approximate surface area is 130 Å². The van der Waals surface area contributed by atoms with Crippen molar-refractivity contribution in [3.8, 4) is 0 Å². The van der Waals surface area contributed by atoms with Gasteiger partial charge in [-0.1, -0.05) is 42.5 Å². The number of benzene rings is 2. The van der Waals surface area contributed by atoms with Crippen LogP contribution in [0.2, 0.25) is 0 Å². The lowest BCUT2D eigenvalue weighted by Gasteiger charge is -2.19. The maximum atomic E-state index is 12.7. The Morgan fingerprint density at radius 2 is 1.86 bits per heavy atom. The number of rotatable bonds is 4. The number of nitrogens with zero attached hydrogens (tertiary/aromatic N) is 1. The van der Waals surface area contributed by atoms with Crippen molar-refractivity contribution in [3.05, 3.63) is 71.5 Å². The summed E-state index contributed by atoms with van der Waals surface area (Å²) in [5.41, 5.74) is 3.00. The van der Waals surface area contributed by atoms with Crippen molar-refractivity contribution in [2.24, 2.45) is 0 Å². The fourth-order valence-electron chi connectivity index (χ4n) is 2.53. The molecule has 0 saturated heterocycles. The number of carbonyl (C=O) groups is 1. The molecule has 1 aromatic heterocycles. The van der Waals surface area contributed by atoms with Gasteiger partial charge in [0, 0.05) is 18.5 Å². The van der Waals surface area contributed by atoms with Gasteiger partial charge < -0.3 is 9.32 Å². The van der Waals surface area contributed by atoms with Crippen LogP contribution in [0.15, 0.2) is 59.0 Å². The van der Waals surface area contributed by atoms with Gasteiger partial charge in [-0.2, -0.15) is 0 Å². The smallest absolute Gasteiger partial charge is 0.289 e. The molecule has 3 aromatic rings. The Morgan fingerprint density at radius 1 is 1.09 bits per heavy atom. The molecule has 3 heteroatoms. The third-order valence-corrected chi connectivity index (χ3v) is 3.77. The van der Waals surface area contributed by atoms with Crippen molar-refractivity contribution < 1.29 is 9.21 Å². The van der Waals surface area contributed by atoms with Gasteiger partial charge in [-0.15, -0.1) is 0 Å². The van der Waals surface area contributed by atoms with E-state index in [9.17, 15) is 4.79 Å². The molecular formula is C19H19NO2. The molecule has 1 amide bonds. The molecule has 0 saturated carbocycles. The second-order valence-electron chi connectivity index (χ2n) is 5.46. The van der Waals surface area contributed by atoms with Crippen LogP contribution in [-0.4, -0.2) is 17.4 Å². The first kappa shape index (κ1) is 14.4. The van der Waals surface area contributed by atoms with Crippen LogP contribution in [0.3, 0.4) is 0 Å². The second-order valence-corrected chi connectivity index (χ2v) is 5.46. The van der Waals surface area contributed by atoms with E-state index in [2.05, 4.69) is 0 Å². The van der Waals surface area contributed by atoms with E-state index in [4.69, 9.17) is 4.42 Å². The first-order valence-corrected chi connectivity index (χ1v) is 7.51. The summed E-state index contributed by atoms with van der Waals surface area (Å²) in [5.74, 6) is 0.332. The number of hydrogen-bond acceptors (Lipinski definition) is 2. The molecule has 0 N–H and O–H groups in total. The molecule has 0 fully saturated rings. The van der Waals surface area contributed by atoms with Gasteiger partial charge >= 0.3 is 0 Å². The highest BCUT2D eigenvalue weighted by Crippen LogP contribution is 2.22. The Bertz CT molecular complexity index is 790. The predicted molar refractivity (Wildman–Crippen MR) is 87.8 cm³/mol. The summed E-state index contributed by atoms with van der Waals surface area (Å²) in [6, 6.07) is 17.8. The summed E-state index contributed by atoms with van der Waals surface area (Å²) in [7, 11) is 0. The second kappa shape index (κ2) is 6.06. The van der Waals surface area contributed by atoms with Gasteiger partial charge in [0.15, 0.2) is 5.76 Å². The molecule has 2 aromatic carbocycles. The lowest BCUT2D eigenvalue weighted by molar-refractivity contribution is 0.0723. The summed E-state index contributed by atoms with van der Waals surface area (Å²) >= 11 is 0. The largest absolute Gasteiger partial charge is 0.451 e. The van der Waals surface area contributed by atoms with Crippen molar-refractivity contribution in [1.29, 1.82) is 0 Å². The van der Waals surface area contributed by atoms with Crippen LogP contribution in [0.1, 0.15) is 28.6 Å². The van der Waals surface area contributed by atoms with Gasteiger partial charge in [0.25, 0.3) is 5.91 Å². The summed E-state index contributed by atoms with van der Waals surface area (Å²) in [5, 5.41) is 0.963. The van der Waals surface area contributed by atoms with Gasteiger partial charge in [0.2, 0.25) is 0 Å². The standard InChI is InChI=1S/C19H19NO2/c1-3-20(13-15-7-5-4-6-8-15)19(21)18-12-16-10-9-14(2)11-17(16)22-18/h4-12H,3,13H2,1-2H3. The molecule has 0 unspecified atom stereocenters. The van der Waals surface area contributed by atoms with Gasteiger partial charge in [-0.25, -0.2) is 0 Å². The minimum absolute atomic E-state index is 0.0693. The average molecular weight is 293 g/mol. The first-order valence-electron chi connectivity index (χ1n) is 7.51. The normalized spacial score (nSPS) is 10.8. The topological polar surface area (TPSA) is 33.5 Å². The highest BCUT2D eigenvalue weighted by molar-refractivity contribution is 5.96. The molecule has 0 bridgehead atoms. The molecule has 0 aliphatic heterocycles. The quantitative estimate of drug-likeness (QED) is 0.714. The summed E-state index contributed by atoms with van der Waals surface area (Å²) in [4.78, 5) is 14.5. The average Bonchev–Trinajstić information content (AvgIpc) is 2.96. The van der Waals surface area contributed by atoms with Gasteiger partial charge in [-0.05, 0) is 37.1 Å². The number of amides is 1. The Kier molecular flexibility index (Phi) is 3.96. The maximum absolute atomic E-state index is 12.7. The van der Waals surface area contributed by atoms with Crippen LogP contribution in [-0.2, 0) is 6.54 Å². The SMILES string of the molecule is CCN(Cc1ccccc1)C(=O)c1cc2ccc(C)cc2o1. The summed E-state index contributed by atoms with van der Waals surface area (Å²) in [6.07, 6.45) is 0. The third-order valence-electron chi connectivity index (χ3n) is 3.77. The number of aryl methyl sites for hydroxylation is 1. The van der Waals surface area contributed by atoms with Crippen molar-refractivity contribution in [1.82, 2.24) is 4.90 Å². The molecular weight excluding hydrogens is 274 g/mol. The maximum Gasteiger partial charge on any atom is 0.289 e. The van der Waals surface area contributed by atoms with Gasteiger partial charge in [0.05, 0.1) is 0 Å². The van der Waals surface area contributed by atoms with Crippen molar-refractivity contribution in [2.45, 2.75) is 20.4 Å². The molecule has 0 radical (unpaired) electrons. The first-order chi connectivity index (χ1) is 10.7. The van der Waals surface area contributed by atoms with Crippen LogP contribution < -0.4 is 0 Å². The highest BCUT2D eigenvalue weighted by Gasteiger charge is 2.18. The lowest BCUT2D eigenvalue weighted by atomic mass is 10.2. The highest BCUT2D eigenvalue weighted by atomic mass is 16.3. The van der Waals surface area contributed by atoms with Crippen LogP contribution in [0.25, 0.3) is 11.0 Å². The molecule has 3 rings (SSSR count). The number of hydrogen-bond donors (Lipinski definition) is 0. The molecule has 0 spiro atoms. The van der Waals surface area contributed by atoms with Crippen LogP contribution in [0.4, 0.5) is 0 Å². The summed E-state index contributed by atoms with van der Waals surface area (Å²) < 4.78 is 5.74. The minimum Gasteiger partial charge on any atom is -0.451 e. The lowest BCUT2D eigenvalue weighted by Crippen LogP contribution is -2.29. The molecule has 0 aliphatic carbocycles. The van der Waals surface area contributed by atoms with Crippen molar-refractivity contribution in [3.63, 3.8) is 0 Å². The number of fused-ring (bicyclic) bond motifs is 1. The van der Waals surface area contributed by atoms with E-state index in [1.54, 1.807) is 4.90 Å². The molecule has 0 aliphatic rings. The molecule has 0 atom stereocenters. The Morgan fingerprint density at radius 3 is 2.59 bits per heavy atom. The Balaban J connectivity index is 1.86. The van der Waals surface area contributed by atoms with Crippen LogP contribution in [0.5, 0.6) is 0 Å². The number of carbonyl (C=O) groups excluding carboxylic acids is 1. The van der Waals surface area contributed by atoms with E-state index in [0.717, 1.165) is 22.1 Å². The zero-order chi connectivity index (χ0) is 15.5. The molecule has 22 heavy (non-hydrogen) atoms. The zero-order valence-electron chi connectivity index (χ0n) is 12.9. The van der Waals surface area contributed by atoms with E-state index in [1.165, 1.54) is 0 Å². The zero-order valence-corrected chi connectivity index (χ0v) is 12.9. The van der Waals surface area contributed by atoms with Crippen LogP contribution >= 0.6 is 0 Å². The monoisotopic (exact) mass is 293 g/mol. The van der Waals surface area contributed by atoms with E-state index in [-0.39, 0.29) is 5.91 Å². The third kappa shape index (κ3) is 2.89. The van der Waals surface area contributed by atoms with E-state index in [1.807, 2.05) is 68.4 Å². The summed E-state index contributed by atoms with van der Waals surface area (Å²) in [6.45, 7) is 5.22. The van der Waals surface area contributed by atoms with E-state index in [0.29, 0.717) is 18.8 Å². The van der Waals surface area contributed by atoms with E-state index >= 15 is 0 Å². The van der Waals surface area contributed by atoms with Gasteiger partial charge in [0.1, 0.15) is 5.58 Å².